The van der Waals surface area contributed by atoms with Crippen LogP contribution in [0.4, 0.5) is 10.2 Å². The Balaban J connectivity index is 1.40. The van der Waals surface area contributed by atoms with E-state index in [-0.39, 0.29) is 0 Å². The number of nitrogens with zero attached hydrogens (tertiary/aromatic N) is 6. The first-order chi connectivity index (χ1) is 17.8. The van der Waals surface area contributed by atoms with Gasteiger partial charge in [0.15, 0.2) is 11.5 Å². The number of sulfonamides is 1. The van der Waals surface area contributed by atoms with E-state index < -0.39 is 15.8 Å². The first-order valence-corrected chi connectivity index (χ1v) is 14.3. The zero-order valence-corrected chi connectivity index (χ0v) is 21.9. The first kappa shape index (κ1) is 24.6. The smallest absolute Gasteiger partial charge is 0.211 e. The van der Waals surface area contributed by atoms with Gasteiger partial charge in [-0.05, 0) is 12.1 Å². The second-order valence-electron chi connectivity index (χ2n) is 9.43. The van der Waals surface area contributed by atoms with Crippen LogP contribution in [-0.2, 0) is 21.3 Å². The molecule has 5 heterocycles. The largest absolute Gasteiger partial charge is 0.378 e. The van der Waals surface area contributed by atoms with Crippen LogP contribution in [0.25, 0.3) is 27.8 Å². The van der Waals surface area contributed by atoms with Gasteiger partial charge in [0.05, 0.1) is 35.9 Å². The molecule has 3 aromatic heterocycles. The van der Waals surface area contributed by atoms with Crippen molar-refractivity contribution in [3.05, 3.63) is 47.3 Å². The summed E-state index contributed by atoms with van der Waals surface area (Å²) >= 11 is 6.44. The number of benzene rings is 1. The quantitative estimate of drug-likeness (QED) is 0.410. The number of hydrogen-bond donors (Lipinski definition) is 1. The van der Waals surface area contributed by atoms with Crippen LogP contribution in [0.5, 0.6) is 0 Å². The third kappa shape index (κ3) is 4.68. The highest BCUT2D eigenvalue weighted by Crippen LogP contribution is 2.36. The molecular weight excluding hydrogens is 521 g/mol. The van der Waals surface area contributed by atoms with Crippen LogP contribution in [0, 0.1) is 5.82 Å². The molecule has 0 saturated carbocycles. The molecule has 37 heavy (non-hydrogen) atoms. The van der Waals surface area contributed by atoms with Gasteiger partial charge in [0.2, 0.25) is 10.0 Å². The molecule has 4 aromatic rings. The van der Waals surface area contributed by atoms with Crippen molar-refractivity contribution >= 4 is 44.0 Å². The zero-order valence-electron chi connectivity index (χ0n) is 20.3. The molecule has 2 saturated heterocycles. The van der Waals surface area contributed by atoms with E-state index in [0.717, 1.165) is 11.2 Å². The van der Waals surface area contributed by atoms with Crippen LogP contribution >= 0.6 is 11.6 Å². The highest BCUT2D eigenvalue weighted by atomic mass is 35.5. The summed E-state index contributed by atoms with van der Waals surface area (Å²) in [6, 6.07) is 3.08. The summed E-state index contributed by atoms with van der Waals surface area (Å²) in [5.41, 5.74) is 3.05. The van der Waals surface area contributed by atoms with Crippen LogP contribution in [-0.4, -0.2) is 95.7 Å². The van der Waals surface area contributed by atoms with Gasteiger partial charge in [-0.3, -0.25) is 4.90 Å². The Bertz CT molecular complexity index is 1570. The van der Waals surface area contributed by atoms with Gasteiger partial charge >= 0.3 is 0 Å². The zero-order chi connectivity index (χ0) is 25.7. The van der Waals surface area contributed by atoms with Crippen LogP contribution in [0.2, 0.25) is 5.02 Å². The van der Waals surface area contributed by atoms with Crippen molar-refractivity contribution in [1.82, 2.24) is 28.6 Å². The molecule has 0 unspecified atom stereocenters. The lowest BCUT2D eigenvalue weighted by molar-refractivity contribution is 0.122. The van der Waals surface area contributed by atoms with E-state index >= 15 is 4.39 Å². The maximum atomic E-state index is 15.2. The van der Waals surface area contributed by atoms with E-state index in [9.17, 15) is 8.42 Å². The minimum Gasteiger partial charge on any atom is -0.378 e. The van der Waals surface area contributed by atoms with E-state index in [2.05, 4.69) is 14.8 Å². The maximum Gasteiger partial charge on any atom is 0.211 e. The SMILES string of the molecule is CS(=O)(=O)N1CCN(Cc2cn3cc(-c4c(F)ccc5[nH]cc(Cl)c45)nc(N4CCOCC4)c3n2)CC1. The third-order valence-electron chi connectivity index (χ3n) is 6.97. The molecule has 1 aromatic carbocycles. The molecule has 0 amide bonds. The number of nitrogens with one attached hydrogen (secondary N) is 1. The van der Waals surface area contributed by atoms with Gasteiger partial charge in [-0.1, -0.05) is 11.6 Å². The van der Waals surface area contributed by atoms with Gasteiger partial charge in [-0.2, -0.15) is 4.31 Å². The Morgan fingerprint density at radius 2 is 1.84 bits per heavy atom. The van der Waals surface area contributed by atoms with E-state index in [1.54, 1.807) is 18.5 Å². The van der Waals surface area contributed by atoms with Gasteiger partial charge in [-0.25, -0.2) is 22.8 Å². The number of imidazole rings is 1. The summed E-state index contributed by atoms with van der Waals surface area (Å²) < 4.78 is 47.9. The van der Waals surface area contributed by atoms with Crippen molar-refractivity contribution < 1.29 is 17.5 Å². The van der Waals surface area contributed by atoms with Crippen molar-refractivity contribution in [3.8, 4) is 11.3 Å². The Morgan fingerprint density at radius 3 is 2.57 bits per heavy atom. The number of halogens is 2. The topological polar surface area (TPSA) is 99.1 Å². The monoisotopic (exact) mass is 547 g/mol. The van der Waals surface area contributed by atoms with Crippen LogP contribution in [0.3, 0.4) is 0 Å². The summed E-state index contributed by atoms with van der Waals surface area (Å²) in [7, 11) is -3.19. The molecule has 13 heteroatoms. The van der Waals surface area contributed by atoms with Crippen molar-refractivity contribution in [1.29, 1.82) is 0 Å². The fourth-order valence-corrected chi connectivity index (χ4v) is 6.15. The van der Waals surface area contributed by atoms with Crippen molar-refractivity contribution in [2.24, 2.45) is 0 Å². The average molecular weight is 548 g/mol. The molecule has 10 nitrogen and oxygen atoms in total. The minimum absolute atomic E-state index is 0.340. The number of piperazine rings is 1. The molecule has 2 fully saturated rings. The summed E-state index contributed by atoms with van der Waals surface area (Å²) in [4.78, 5) is 17.2. The second kappa shape index (κ2) is 9.52. The van der Waals surface area contributed by atoms with Crippen LogP contribution in [0.15, 0.2) is 30.7 Å². The predicted molar refractivity (Wildman–Crippen MR) is 140 cm³/mol. The Labute approximate surface area is 218 Å². The number of rotatable bonds is 5. The molecule has 0 spiro atoms. The van der Waals surface area contributed by atoms with Gasteiger partial charge in [0, 0.05) is 80.9 Å². The molecule has 196 valence electrons. The lowest BCUT2D eigenvalue weighted by Crippen LogP contribution is -2.47. The van der Waals surface area contributed by atoms with Crippen molar-refractivity contribution in [2.75, 3.05) is 63.6 Å². The normalized spacial score (nSPS) is 18.3. The molecule has 2 aliphatic heterocycles. The molecule has 0 atom stereocenters. The highest BCUT2D eigenvalue weighted by molar-refractivity contribution is 7.88. The second-order valence-corrected chi connectivity index (χ2v) is 11.8. The fraction of sp³-hybridized carbons (Fsp3) is 0.417. The van der Waals surface area contributed by atoms with E-state index in [4.69, 9.17) is 26.3 Å². The molecule has 6 rings (SSSR count). The number of ether oxygens (including phenoxy) is 1. The fourth-order valence-electron chi connectivity index (χ4n) is 5.07. The standard InChI is InChI=1S/C24H27ClFN7O3S/c1-37(34,35)33-6-4-30(5-7-33)13-16-14-32-15-20(22-18(26)2-3-19-21(22)17(25)12-27-19)29-24(23(32)28-16)31-8-10-36-11-9-31/h2-3,12,14-15,27H,4-11,13H2,1H3. The molecule has 2 aliphatic rings. The Kier molecular flexibility index (Phi) is 6.32. The summed E-state index contributed by atoms with van der Waals surface area (Å²) in [6.45, 7) is 5.19. The lowest BCUT2D eigenvalue weighted by atomic mass is 10.1. The number of anilines is 1. The van der Waals surface area contributed by atoms with E-state index in [0.29, 0.717) is 92.2 Å². The molecule has 1 N–H and O–H groups in total. The molecule has 0 radical (unpaired) electrons. The van der Waals surface area contributed by atoms with E-state index in [1.165, 1.54) is 16.6 Å². The maximum absolute atomic E-state index is 15.2. The lowest BCUT2D eigenvalue weighted by Gasteiger charge is -2.32. The number of aromatic amines is 1. The Morgan fingerprint density at radius 1 is 1.08 bits per heavy atom. The summed E-state index contributed by atoms with van der Waals surface area (Å²) in [6.07, 6.45) is 6.62. The van der Waals surface area contributed by atoms with Gasteiger partial charge in [0.1, 0.15) is 5.82 Å². The van der Waals surface area contributed by atoms with Gasteiger partial charge < -0.3 is 19.0 Å². The molecule has 0 bridgehead atoms. The van der Waals surface area contributed by atoms with Gasteiger partial charge in [-0.15, -0.1) is 0 Å². The molecule has 0 aliphatic carbocycles. The minimum atomic E-state index is -3.19. The van der Waals surface area contributed by atoms with Crippen LogP contribution in [0.1, 0.15) is 5.69 Å². The number of H-pyrrole nitrogens is 1. The Hall–Kier alpha value is -2.77. The number of hydrogen-bond acceptors (Lipinski definition) is 7. The van der Waals surface area contributed by atoms with Gasteiger partial charge in [0.25, 0.3) is 0 Å². The number of aromatic nitrogens is 4. The first-order valence-electron chi connectivity index (χ1n) is 12.1. The van der Waals surface area contributed by atoms with Crippen LogP contribution < -0.4 is 4.90 Å². The number of morpholine rings is 1. The van der Waals surface area contributed by atoms with Crippen molar-refractivity contribution in [3.63, 3.8) is 0 Å². The molecular formula is C24H27ClFN7O3S. The van der Waals surface area contributed by atoms with E-state index in [1.807, 2.05) is 10.6 Å². The summed E-state index contributed by atoms with van der Waals surface area (Å²) in [5.74, 6) is 0.259. The summed E-state index contributed by atoms with van der Waals surface area (Å²) in [5, 5.41) is 1.02. The highest BCUT2D eigenvalue weighted by Gasteiger charge is 2.26. The number of fused-ring (bicyclic) bond motifs is 2. The predicted octanol–water partition coefficient (Wildman–Crippen LogP) is 2.58. The third-order valence-corrected chi connectivity index (χ3v) is 8.57. The average Bonchev–Trinajstić information content (AvgIpc) is 3.46. The van der Waals surface area contributed by atoms with Crippen molar-refractivity contribution in [2.45, 2.75) is 6.54 Å².